The Bertz CT molecular complexity index is 485. The zero-order valence-electron chi connectivity index (χ0n) is 11.2. The zero-order valence-corrected chi connectivity index (χ0v) is 11.2. The summed E-state index contributed by atoms with van der Waals surface area (Å²) in [5.74, 6) is -0.847. The fourth-order valence-electron chi connectivity index (χ4n) is 1.32. The first-order chi connectivity index (χ1) is 9.40. The van der Waals surface area contributed by atoms with Crippen molar-refractivity contribution in [2.24, 2.45) is 0 Å². The largest absolute Gasteiger partial charge is 0.488 e. The van der Waals surface area contributed by atoms with Crippen LogP contribution in [0.5, 0.6) is 0 Å². The second-order valence-electron chi connectivity index (χ2n) is 4.43. The highest BCUT2D eigenvalue weighted by Gasteiger charge is 2.20. The first kappa shape index (κ1) is 16.2. The number of aliphatic carboxylic acids is 1. The summed E-state index contributed by atoms with van der Waals surface area (Å²) in [4.78, 5) is 10.2. The van der Waals surface area contributed by atoms with Gasteiger partial charge in [-0.15, -0.1) is 0 Å². The fourth-order valence-corrected chi connectivity index (χ4v) is 1.32. The van der Waals surface area contributed by atoms with E-state index in [9.17, 15) is 4.79 Å². The van der Waals surface area contributed by atoms with Gasteiger partial charge in [0.05, 0.1) is 12.7 Å². The highest BCUT2D eigenvalue weighted by atomic mass is 16.6. The molecule has 1 aliphatic heterocycles. The molecule has 1 aromatic rings. The molecule has 1 unspecified atom stereocenters. The number of hydrogen-bond acceptors (Lipinski definition) is 5. The number of hydrogen-bond donors (Lipinski definition) is 4. The first-order valence-electron chi connectivity index (χ1n) is 6.13. The standard InChI is InChI=1S/C7H10O3.C6H8BNO2/c1-5(7(8)9)2-3-6-4-10-6;8-6-3-1-2-5(4-6)7(9)10/h2,6H,3-4H2,1H3,(H,8,9);1-4,9-10H,8H2. The summed E-state index contributed by atoms with van der Waals surface area (Å²) in [6.07, 6.45) is 2.72. The number of ether oxygens (including phenoxy) is 1. The Labute approximate surface area is 117 Å². The van der Waals surface area contributed by atoms with Crippen LogP contribution in [0.2, 0.25) is 0 Å². The molecule has 2 rings (SSSR count). The summed E-state index contributed by atoms with van der Waals surface area (Å²) in [6.45, 7) is 2.37. The maximum atomic E-state index is 10.2. The van der Waals surface area contributed by atoms with Crippen molar-refractivity contribution in [2.75, 3.05) is 12.3 Å². The number of nitrogen functional groups attached to an aromatic ring is 1. The van der Waals surface area contributed by atoms with Crippen molar-refractivity contribution >= 4 is 24.2 Å². The SMILES string of the molecule is CC(=CCC1CO1)C(=O)O.Nc1cccc(B(O)O)c1. The Morgan fingerprint density at radius 1 is 1.55 bits per heavy atom. The van der Waals surface area contributed by atoms with Crippen molar-refractivity contribution in [1.82, 2.24) is 0 Å². The van der Waals surface area contributed by atoms with E-state index in [0.29, 0.717) is 16.7 Å². The molecule has 0 aromatic heterocycles. The Balaban J connectivity index is 0.000000200. The van der Waals surface area contributed by atoms with Crippen LogP contribution in [0.3, 0.4) is 0 Å². The minimum atomic E-state index is -1.43. The molecule has 5 N–H and O–H groups in total. The second-order valence-corrected chi connectivity index (χ2v) is 4.43. The lowest BCUT2D eigenvalue weighted by atomic mass is 9.80. The van der Waals surface area contributed by atoms with E-state index in [1.54, 1.807) is 31.2 Å². The molecule has 7 heteroatoms. The van der Waals surface area contributed by atoms with Crippen LogP contribution < -0.4 is 11.2 Å². The molecule has 1 heterocycles. The van der Waals surface area contributed by atoms with Crippen LogP contribution in [-0.4, -0.2) is 41.0 Å². The number of rotatable bonds is 4. The summed E-state index contributed by atoms with van der Waals surface area (Å²) in [6, 6.07) is 6.47. The molecule has 0 saturated carbocycles. The van der Waals surface area contributed by atoms with Crippen LogP contribution in [0.4, 0.5) is 5.69 Å². The molecule has 1 atom stereocenters. The normalized spacial score (nSPS) is 16.9. The van der Waals surface area contributed by atoms with E-state index in [-0.39, 0.29) is 6.10 Å². The third-order valence-corrected chi connectivity index (χ3v) is 2.64. The number of carbonyl (C=O) groups is 1. The van der Waals surface area contributed by atoms with Crippen molar-refractivity contribution in [3.8, 4) is 0 Å². The predicted molar refractivity (Wildman–Crippen MR) is 76.4 cm³/mol. The summed E-state index contributed by atoms with van der Waals surface area (Å²) >= 11 is 0. The molecule has 0 spiro atoms. The molecule has 108 valence electrons. The van der Waals surface area contributed by atoms with Crippen LogP contribution in [0, 0.1) is 0 Å². The number of carboxylic acids is 1. The van der Waals surface area contributed by atoms with Crippen LogP contribution in [0.15, 0.2) is 35.9 Å². The minimum absolute atomic E-state index is 0.286. The fraction of sp³-hybridized carbons (Fsp3) is 0.308. The topological polar surface area (TPSA) is 116 Å². The molecule has 1 saturated heterocycles. The Hall–Kier alpha value is -1.83. The molecular weight excluding hydrogens is 261 g/mol. The molecule has 1 fully saturated rings. The lowest BCUT2D eigenvalue weighted by molar-refractivity contribution is -0.132. The Kier molecular flexibility index (Phi) is 6.24. The molecule has 20 heavy (non-hydrogen) atoms. The molecule has 1 aliphatic rings. The lowest BCUT2D eigenvalue weighted by Gasteiger charge is -1.98. The van der Waals surface area contributed by atoms with Gasteiger partial charge in [0, 0.05) is 11.3 Å². The van der Waals surface area contributed by atoms with Gasteiger partial charge in [-0.2, -0.15) is 0 Å². The molecule has 0 bridgehead atoms. The summed E-state index contributed by atoms with van der Waals surface area (Å²) in [5.41, 5.74) is 6.72. The van der Waals surface area contributed by atoms with E-state index in [4.69, 9.17) is 25.6 Å². The summed E-state index contributed by atoms with van der Waals surface area (Å²) < 4.78 is 4.90. The van der Waals surface area contributed by atoms with E-state index < -0.39 is 13.1 Å². The van der Waals surface area contributed by atoms with E-state index in [2.05, 4.69) is 0 Å². The minimum Gasteiger partial charge on any atom is -0.478 e. The van der Waals surface area contributed by atoms with E-state index >= 15 is 0 Å². The van der Waals surface area contributed by atoms with Gasteiger partial charge in [0.15, 0.2) is 0 Å². The van der Waals surface area contributed by atoms with E-state index in [1.165, 1.54) is 6.07 Å². The smallest absolute Gasteiger partial charge is 0.478 e. The highest BCUT2D eigenvalue weighted by Crippen LogP contribution is 2.14. The number of benzene rings is 1. The van der Waals surface area contributed by atoms with Gasteiger partial charge in [0.25, 0.3) is 0 Å². The van der Waals surface area contributed by atoms with Gasteiger partial charge in [0.1, 0.15) is 0 Å². The third kappa shape index (κ3) is 6.37. The van der Waals surface area contributed by atoms with Gasteiger partial charge in [0.2, 0.25) is 0 Å². The average molecular weight is 279 g/mol. The van der Waals surface area contributed by atoms with Crippen molar-refractivity contribution in [3.63, 3.8) is 0 Å². The Morgan fingerprint density at radius 2 is 2.20 bits per heavy atom. The number of carboxylic acid groups (broad SMARTS) is 1. The molecule has 0 amide bonds. The van der Waals surface area contributed by atoms with Crippen molar-refractivity contribution < 1.29 is 24.7 Å². The van der Waals surface area contributed by atoms with Crippen molar-refractivity contribution in [3.05, 3.63) is 35.9 Å². The molecule has 0 aliphatic carbocycles. The second kappa shape index (κ2) is 7.69. The van der Waals surface area contributed by atoms with Crippen LogP contribution in [0.25, 0.3) is 0 Å². The van der Waals surface area contributed by atoms with E-state index in [0.717, 1.165) is 13.0 Å². The molecule has 6 nitrogen and oxygen atoms in total. The van der Waals surface area contributed by atoms with Crippen LogP contribution in [0.1, 0.15) is 13.3 Å². The highest BCUT2D eigenvalue weighted by molar-refractivity contribution is 6.58. The van der Waals surface area contributed by atoms with Crippen LogP contribution >= 0.6 is 0 Å². The van der Waals surface area contributed by atoms with Gasteiger partial charge in [-0.3, -0.25) is 0 Å². The van der Waals surface area contributed by atoms with Gasteiger partial charge < -0.3 is 25.6 Å². The number of epoxide rings is 1. The predicted octanol–water partition coefficient (Wildman–Crippen LogP) is -0.245. The monoisotopic (exact) mass is 279 g/mol. The van der Waals surface area contributed by atoms with Crippen molar-refractivity contribution in [2.45, 2.75) is 19.4 Å². The quantitative estimate of drug-likeness (QED) is 0.261. The summed E-state index contributed by atoms with van der Waals surface area (Å²) in [5, 5.41) is 25.7. The Morgan fingerprint density at radius 3 is 2.60 bits per heavy atom. The van der Waals surface area contributed by atoms with Crippen molar-refractivity contribution in [1.29, 1.82) is 0 Å². The average Bonchev–Trinajstić information content (AvgIpc) is 3.20. The van der Waals surface area contributed by atoms with Crippen LogP contribution in [-0.2, 0) is 9.53 Å². The third-order valence-electron chi connectivity index (χ3n) is 2.64. The maximum Gasteiger partial charge on any atom is 0.488 e. The molecular formula is C13H18BNO5. The lowest BCUT2D eigenvalue weighted by Crippen LogP contribution is -2.29. The summed E-state index contributed by atoms with van der Waals surface area (Å²) in [7, 11) is -1.43. The number of anilines is 1. The van der Waals surface area contributed by atoms with Gasteiger partial charge in [-0.05, 0) is 30.9 Å². The van der Waals surface area contributed by atoms with Gasteiger partial charge in [-0.1, -0.05) is 18.2 Å². The molecule has 0 radical (unpaired) electrons. The molecule has 1 aromatic carbocycles. The maximum absolute atomic E-state index is 10.2. The first-order valence-corrected chi connectivity index (χ1v) is 6.13. The zero-order chi connectivity index (χ0) is 15.1. The number of nitrogens with two attached hydrogens (primary N) is 1. The van der Waals surface area contributed by atoms with Gasteiger partial charge >= 0.3 is 13.1 Å². The van der Waals surface area contributed by atoms with Gasteiger partial charge in [-0.25, -0.2) is 4.79 Å². The van der Waals surface area contributed by atoms with E-state index in [1.807, 2.05) is 0 Å².